The number of ether oxygens (including phenoxy) is 2. The standard InChI is InChI=1S/C24H24N2O5S/c1-30-19-11-12-21(23(16-19)31-2)24(27)25-18-10-13-22-17(15-18)7-6-14-26(22)32(28,29)20-8-4-3-5-9-20/h3-5,8-13,15-16H,6-7,14H2,1-2H3,(H,25,27). The minimum absolute atomic E-state index is 0.261. The van der Waals surface area contributed by atoms with Crippen LogP contribution in [-0.2, 0) is 16.4 Å². The van der Waals surface area contributed by atoms with Gasteiger partial charge >= 0.3 is 0 Å². The van der Waals surface area contributed by atoms with Gasteiger partial charge in [0.25, 0.3) is 15.9 Å². The van der Waals surface area contributed by atoms with Crippen LogP contribution >= 0.6 is 0 Å². The zero-order chi connectivity index (χ0) is 22.7. The van der Waals surface area contributed by atoms with Gasteiger partial charge in [-0.15, -0.1) is 0 Å². The number of rotatable bonds is 6. The average molecular weight is 453 g/mol. The number of methoxy groups -OCH3 is 2. The van der Waals surface area contributed by atoms with Gasteiger partial charge in [-0.05, 0) is 60.9 Å². The fourth-order valence-electron chi connectivity index (χ4n) is 3.79. The van der Waals surface area contributed by atoms with Crippen LogP contribution in [0.4, 0.5) is 11.4 Å². The molecule has 0 bridgehead atoms. The summed E-state index contributed by atoms with van der Waals surface area (Å²) in [7, 11) is -0.616. The number of aryl methyl sites for hydroxylation is 1. The van der Waals surface area contributed by atoms with Crippen LogP contribution < -0.4 is 19.1 Å². The molecular formula is C24H24N2O5S. The zero-order valence-electron chi connectivity index (χ0n) is 17.9. The van der Waals surface area contributed by atoms with Crippen molar-refractivity contribution in [2.75, 3.05) is 30.4 Å². The van der Waals surface area contributed by atoms with E-state index in [1.807, 2.05) is 6.07 Å². The maximum atomic E-state index is 13.2. The summed E-state index contributed by atoms with van der Waals surface area (Å²) >= 11 is 0. The second kappa shape index (κ2) is 8.92. The molecule has 3 aromatic rings. The molecule has 1 amide bonds. The van der Waals surface area contributed by atoms with Crippen LogP contribution in [-0.4, -0.2) is 35.1 Å². The number of carbonyl (C=O) groups is 1. The lowest BCUT2D eigenvalue weighted by Gasteiger charge is -2.31. The molecule has 0 aromatic heterocycles. The number of hydrogen-bond acceptors (Lipinski definition) is 5. The van der Waals surface area contributed by atoms with E-state index in [9.17, 15) is 13.2 Å². The zero-order valence-corrected chi connectivity index (χ0v) is 18.7. The van der Waals surface area contributed by atoms with Crippen molar-refractivity contribution in [3.63, 3.8) is 0 Å². The molecule has 0 radical (unpaired) electrons. The molecule has 8 heteroatoms. The molecule has 0 saturated carbocycles. The van der Waals surface area contributed by atoms with E-state index >= 15 is 0 Å². The SMILES string of the molecule is COc1ccc(C(=O)Nc2ccc3c(c2)CCCN3S(=O)(=O)c2ccccc2)c(OC)c1. The molecule has 3 aromatic carbocycles. The molecule has 7 nitrogen and oxygen atoms in total. The molecular weight excluding hydrogens is 428 g/mol. The second-order valence-electron chi connectivity index (χ2n) is 7.36. The lowest BCUT2D eigenvalue weighted by Crippen LogP contribution is -2.35. The van der Waals surface area contributed by atoms with Crippen molar-refractivity contribution in [2.24, 2.45) is 0 Å². The number of nitrogens with zero attached hydrogens (tertiary/aromatic N) is 1. The molecule has 32 heavy (non-hydrogen) atoms. The molecule has 0 spiro atoms. The van der Waals surface area contributed by atoms with Crippen LogP contribution in [0.3, 0.4) is 0 Å². The number of fused-ring (bicyclic) bond motifs is 1. The Morgan fingerprint density at radius 3 is 2.47 bits per heavy atom. The third-order valence-electron chi connectivity index (χ3n) is 5.40. The van der Waals surface area contributed by atoms with Gasteiger partial charge in [-0.1, -0.05) is 18.2 Å². The van der Waals surface area contributed by atoms with E-state index in [4.69, 9.17) is 9.47 Å². The van der Waals surface area contributed by atoms with Gasteiger partial charge in [0, 0.05) is 18.3 Å². The summed E-state index contributed by atoms with van der Waals surface area (Å²) in [6.45, 7) is 0.416. The largest absolute Gasteiger partial charge is 0.497 e. The molecule has 1 heterocycles. The smallest absolute Gasteiger partial charge is 0.264 e. The molecule has 0 atom stereocenters. The second-order valence-corrected chi connectivity index (χ2v) is 9.22. The van der Waals surface area contributed by atoms with E-state index in [2.05, 4.69) is 5.32 Å². The predicted molar refractivity (Wildman–Crippen MR) is 123 cm³/mol. The van der Waals surface area contributed by atoms with Crippen molar-refractivity contribution in [3.05, 3.63) is 77.9 Å². The number of hydrogen-bond donors (Lipinski definition) is 1. The van der Waals surface area contributed by atoms with Gasteiger partial charge in [0.1, 0.15) is 11.5 Å². The summed E-state index contributed by atoms with van der Waals surface area (Å²) in [5.74, 6) is 0.667. The third-order valence-corrected chi connectivity index (χ3v) is 7.23. The molecule has 1 aliphatic heterocycles. The van der Waals surface area contributed by atoms with Crippen molar-refractivity contribution in [1.29, 1.82) is 0 Å². The van der Waals surface area contributed by atoms with Crippen LogP contribution in [0.1, 0.15) is 22.3 Å². The fourth-order valence-corrected chi connectivity index (χ4v) is 5.36. The molecule has 166 valence electrons. The number of anilines is 2. The molecule has 1 aliphatic rings. The first kappa shape index (κ1) is 21.7. The molecule has 0 saturated heterocycles. The maximum absolute atomic E-state index is 13.2. The number of carbonyl (C=O) groups excluding carboxylic acids is 1. The minimum atomic E-state index is -3.65. The first-order valence-electron chi connectivity index (χ1n) is 10.2. The van der Waals surface area contributed by atoms with Crippen LogP contribution in [0.2, 0.25) is 0 Å². The summed E-state index contributed by atoms with van der Waals surface area (Å²) in [6, 6.07) is 18.7. The lowest BCUT2D eigenvalue weighted by atomic mass is 10.0. The highest BCUT2D eigenvalue weighted by Gasteiger charge is 2.29. The van der Waals surface area contributed by atoms with Crippen molar-refractivity contribution in [2.45, 2.75) is 17.7 Å². The summed E-state index contributed by atoms with van der Waals surface area (Å²) in [5, 5.41) is 2.88. The Morgan fingerprint density at radius 2 is 1.75 bits per heavy atom. The van der Waals surface area contributed by atoms with E-state index in [1.54, 1.807) is 67.8 Å². The van der Waals surface area contributed by atoms with Gasteiger partial charge in [0.15, 0.2) is 0 Å². The Bertz CT molecular complexity index is 1240. The summed E-state index contributed by atoms with van der Waals surface area (Å²) in [6.07, 6.45) is 1.43. The minimum Gasteiger partial charge on any atom is -0.497 e. The van der Waals surface area contributed by atoms with Crippen LogP contribution in [0.25, 0.3) is 0 Å². The highest BCUT2D eigenvalue weighted by Crippen LogP contribution is 2.34. The summed E-state index contributed by atoms with van der Waals surface area (Å²) in [4.78, 5) is 13.1. The van der Waals surface area contributed by atoms with Gasteiger partial charge < -0.3 is 14.8 Å². The average Bonchev–Trinajstić information content (AvgIpc) is 2.83. The number of nitrogens with one attached hydrogen (secondary N) is 1. The van der Waals surface area contributed by atoms with Crippen LogP contribution in [0.15, 0.2) is 71.6 Å². The Hall–Kier alpha value is -3.52. The molecule has 0 fully saturated rings. The van der Waals surface area contributed by atoms with E-state index in [1.165, 1.54) is 11.4 Å². The summed E-state index contributed by atoms with van der Waals surface area (Å²) < 4.78 is 38.2. The van der Waals surface area contributed by atoms with E-state index in [-0.39, 0.29) is 10.8 Å². The Morgan fingerprint density at radius 1 is 0.969 bits per heavy atom. The number of benzene rings is 3. The molecule has 1 N–H and O–H groups in total. The maximum Gasteiger partial charge on any atom is 0.264 e. The first-order valence-corrected chi connectivity index (χ1v) is 11.6. The van der Waals surface area contributed by atoms with Crippen LogP contribution in [0.5, 0.6) is 11.5 Å². The lowest BCUT2D eigenvalue weighted by molar-refractivity contribution is 0.102. The fraction of sp³-hybridized carbons (Fsp3) is 0.208. The Kier molecular flexibility index (Phi) is 6.05. The number of sulfonamides is 1. The van der Waals surface area contributed by atoms with Gasteiger partial charge in [0.2, 0.25) is 0 Å². The first-order chi connectivity index (χ1) is 15.4. The van der Waals surface area contributed by atoms with Crippen LogP contribution in [0, 0.1) is 0 Å². The highest BCUT2D eigenvalue weighted by molar-refractivity contribution is 7.92. The molecule has 0 aliphatic carbocycles. The van der Waals surface area contributed by atoms with Crippen molar-refractivity contribution in [1.82, 2.24) is 0 Å². The summed E-state index contributed by atoms with van der Waals surface area (Å²) in [5.41, 5.74) is 2.47. The monoisotopic (exact) mass is 452 g/mol. The quantitative estimate of drug-likeness (QED) is 0.609. The Balaban J connectivity index is 1.60. The highest BCUT2D eigenvalue weighted by atomic mass is 32.2. The normalized spacial score (nSPS) is 13.2. The van der Waals surface area contributed by atoms with E-state index < -0.39 is 10.0 Å². The van der Waals surface area contributed by atoms with Crippen molar-refractivity contribution < 1.29 is 22.7 Å². The van der Waals surface area contributed by atoms with Gasteiger partial charge in [-0.2, -0.15) is 0 Å². The van der Waals surface area contributed by atoms with Gasteiger partial charge in [0.05, 0.1) is 30.4 Å². The van der Waals surface area contributed by atoms with Gasteiger partial charge in [-0.25, -0.2) is 8.42 Å². The van der Waals surface area contributed by atoms with E-state index in [0.717, 1.165) is 12.0 Å². The Labute approximate surface area is 187 Å². The molecule has 0 unspecified atom stereocenters. The molecule has 4 rings (SSSR count). The van der Waals surface area contributed by atoms with Crippen molar-refractivity contribution in [3.8, 4) is 11.5 Å². The number of amides is 1. The van der Waals surface area contributed by atoms with Crippen molar-refractivity contribution >= 4 is 27.3 Å². The topological polar surface area (TPSA) is 84.9 Å². The third kappa shape index (κ3) is 4.13. The van der Waals surface area contributed by atoms with E-state index in [0.29, 0.717) is 41.4 Å². The predicted octanol–water partition coefficient (Wildman–Crippen LogP) is 4.10. The van der Waals surface area contributed by atoms with Gasteiger partial charge in [-0.3, -0.25) is 9.10 Å².